The molecule has 2 aromatic rings. The Morgan fingerprint density at radius 3 is 2.57 bits per heavy atom. The van der Waals surface area contributed by atoms with Gasteiger partial charge in [-0.1, -0.05) is 54.6 Å². The molecule has 1 N–H and O–H groups in total. The SMILES string of the molecule is O=C(CC1=NCCCN1)c1ccccc1-c1ccccc1. The summed E-state index contributed by atoms with van der Waals surface area (Å²) in [5, 5.41) is 3.21. The number of nitrogens with zero attached hydrogens (tertiary/aromatic N) is 1. The molecule has 0 radical (unpaired) electrons. The van der Waals surface area contributed by atoms with E-state index in [0.29, 0.717) is 6.42 Å². The third kappa shape index (κ3) is 3.19. The summed E-state index contributed by atoms with van der Waals surface area (Å²) in [6.07, 6.45) is 1.39. The minimum Gasteiger partial charge on any atom is -0.373 e. The lowest BCUT2D eigenvalue weighted by Gasteiger charge is -2.15. The number of amidine groups is 1. The number of benzene rings is 2. The highest BCUT2D eigenvalue weighted by atomic mass is 16.1. The zero-order valence-corrected chi connectivity index (χ0v) is 11.9. The number of hydrogen-bond donors (Lipinski definition) is 1. The number of carbonyl (C=O) groups is 1. The van der Waals surface area contributed by atoms with Crippen LogP contribution in [0.5, 0.6) is 0 Å². The highest BCUT2D eigenvalue weighted by Gasteiger charge is 2.15. The fourth-order valence-corrected chi connectivity index (χ4v) is 2.54. The zero-order valence-electron chi connectivity index (χ0n) is 11.9. The monoisotopic (exact) mass is 278 g/mol. The van der Waals surface area contributed by atoms with Gasteiger partial charge in [0.2, 0.25) is 0 Å². The number of ketones is 1. The average Bonchev–Trinajstić information content (AvgIpc) is 2.56. The van der Waals surface area contributed by atoms with Crippen LogP contribution in [0, 0.1) is 0 Å². The first-order valence-electron chi connectivity index (χ1n) is 7.29. The Morgan fingerprint density at radius 1 is 1.05 bits per heavy atom. The van der Waals surface area contributed by atoms with Gasteiger partial charge in [-0.3, -0.25) is 9.79 Å². The van der Waals surface area contributed by atoms with Gasteiger partial charge >= 0.3 is 0 Å². The summed E-state index contributed by atoms with van der Waals surface area (Å²) in [5.74, 6) is 0.928. The summed E-state index contributed by atoms with van der Waals surface area (Å²) in [7, 11) is 0. The van der Waals surface area contributed by atoms with Gasteiger partial charge in [-0.05, 0) is 17.5 Å². The van der Waals surface area contributed by atoms with Crippen molar-refractivity contribution in [3.8, 4) is 11.1 Å². The van der Waals surface area contributed by atoms with E-state index in [2.05, 4.69) is 10.3 Å². The smallest absolute Gasteiger partial charge is 0.170 e. The van der Waals surface area contributed by atoms with Crippen LogP contribution in [0.15, 0.2) is 59.6 Å². The van der Waals surface area contributed by atoms with Gasteiger partial charge in [-0.25, -0.2) is 0 Å². The molecule has 0 bridgehead atoms. The van der Waals surface area contributed by atoms with Crippen LogP contribution in [-0.2, 0) is 0 Å². The Bertz CT molecular complexity index is 662. The number of Topliss-reactive ketones (excluding diaryl/α,β-unsaturated/α-hetero) is 1. The number of carbonyl (C=O) groups excluding carboxylic acids is 1. The summed E-state index contributed by atoms with van der Waals surface area (Å²) in [5.41, 5.74) is 2.82. The van der Waals surface area contributed by atoms with Gasteiger partial charge in [0.25, 0.3) is 0 Å². The Balaban J connectivity index is 1.88. The molecule has 0 spiro atoms. The van der Waals surface area contributed by atoms with Crippen molar-refractivity contribution in [2.75, 3.05) is 13.1 Å². The first-order valence-corrected chi connectivity index (χ1v) is 7.29. The van der Waals surface area contributed by atoms with Gasteiger partial charge in [0.1, 0.15) is 5.84 Å². The molecule has 1 heterocycles. The molecule has 0 aromatic heterocycles. The van der Waals surface area contributed by atoms with Crippen LogP contribution in [0.4, 0.5) is 0 Å². The molecule has 3 heteroatoms. The second-order valence-corrected chi connectivity index (χ2v) is 5.12. The molecule has 3 rings (SSSR count). The van der Waals surface area contributed by atoms with Gasteiger partial charge in [0.05, 0.1) is 6.42 Å². The van der Waals surface area contributed by atoms with E-state index in [1.165, 1.54) is 0 Å². The molecule has 21 heavy (non-hydrogen) atoms. The van der Waals surface area contributed by atoms with Crippen LogP contribution in [0.3, 0.4) is 0 Å². The second kappa shape index (κ2) is 6.35. The fourth-order valence-electron chi connectivity index (χ4n) is 2.54. The number of aliphatic imine (C=N–C) groups is 1. The molecule has 0 fully saturated rings. The fraction of sp³-hybridized carbons (Fsp3) is 0.222. The molecule has 0 unspecified atom stereocenters. The second-order valence-electron chi connectivity index (χ2n) is 5.12. The summed E-state index contributed by atoms with van der Waals surface area (Å²) >= 11 is 0. The quantitative estimate of drug-likeness (QED) is 0.872. The lowest BCUT2D eigenvalue weighted by Crippen LogP contribution is -2.31. The molecule has 1 aliphatic heterocycles. The number of nitrogens with one attached hydrogen (secondary N) is 1. The Morgan fingerprint density at radius 2 is 1.81 bits per heavy atom. The van der Waals surface area contributed by atoms with Crippen molar-refractivity contribution in [3.05, 3.63) is 60.2 Å². The highest BCUT2D eigenvalue weighted by Crippen LogP contribution is 2.24. The molecule has 0 saturated heterocycles. The predicted octanol–water partition coefficient (Wildman–Crippen LogP) is 3.32. The van der Waals surface area contributed by atoms with Crippen LogP contribution in [0.25, 0.3) is 11.1 Å². The van der Waals surface area contributed by atoms with Crippen molar-refractivity contribution < 1.29 is 4.79 Å². The molecule has 0 aliphatic carbocycles. The van der Waals surface area contributed by atoms with Crippen molar-refractivity contribution >= 4 is 11.6 Å². The first kappa shape index (κ1) is 13.6. The van der Waals surface area contributed by atoms with E-state index in [-0.39, 0.29) is 5.78 Å². The van der Waals surface area contributed by atoms with Gasteiger partial charge in [-0.2, -0.15) is 0 Å². The highest BCUT2D eigenvalue weighted by molar-refractivity contribution is 6.12. The van der Waals surface area contributed by atoms with E-state index in [4.69, 9.17) is 0 Å². The normalized spacial score (nSPS) is 14.2. The van der Waals surface area contributed by atoms with Crippen molar-refractivity contribution in [2.45, 2.75) is 12.8 Å². The van der Waals surface area contributed by atoms with E-state index < -0.39 is 0 Å². The Labute approximate surface area is 124 Å². The number of rotatable bonds is 4. The standard InChI is InChI=1S/C18H18N2O/c21-17(13-18-19-11-6-12-20-18)16-10-5-4-9-15(16)14-7-2-1-3-8-14/h1-5,7-10H,6,11-13H2,(H,19,20). The molecule has 0 atom stereocenters. The average molecular weight is 278 g/mol. The molecular formula is C18H18N2O. The molecular weight excluding hydrogens is 260 g/mol. The van der Waals surface area contributed by atoms with Crippen LogP contribution in [0.1, 0.15) is 23.2 Å². The van der Waals surface area contributed by atoms with Crippen molar-refractivity contribution in [1.82, 2.24) is 5.32 Å². The summed E-state index contributed by atoms with van der Waals surface area (Å²) < 4.78 is 0. The maximum Gasteiger partial charge on any atom is 0.170 e. The third-order valence-electron chi connectivity index (χ3n) is 3.61. The van der Waals surface area contributed by atoms with E-state index in [0.717, 1.165) is 42.0 Å². The van der Waals surface area contributed by atoms with Crippen molar-refractivity contribution in [1.29, 1.82) is 0 Å². The van der Waals surface area contributed by atoms with Crippen LogP contribution >= 0.6 is 0 Å². The van der Waals surface area contributed by atoms with Crippen LogP contribution in [0.2, 0.25) is 0 Å². The van der Waals surface area contributed by atoms with Gasteiger partial charge in [0, 0.05) is 18.7 Å². The third-order valence-corrected chi connectivity index (χ3v) is 3.61. The maximum atomic E-state index is 12.6. The van der Waals surface area contributed by atoms with Gasteiger partial charge in [-0.15, -0.1) is 0 Å². The Kier molecular flexibility index (Phi) is 4.10. The predicted molar refractivity (Wildman–Crippen MR) is 85.7 cm³/mol. The molecule has 2 aromatic carbocycles. The van der Waals surface area contributed by atoms with Gasteiger partial charge in [0.15, 0.2) is 5.78 Å². The Hall–Kier alpha value is -2.42. The molecule has 1 aliphatic rings. The minimum absolute atomic E-state index is 0.114. The summed E-state index contributed by atoms with van der Waals surface area (Å²) in [6, 6.07) is 17.8. The molecule has 3 nitrogen and oxygen atoms in total. The molecule has 0 amide bonds. The summed E-state index contributed by atoms with van der Waals surface area (Å²) in [4.78, 5) is 17.0. The summed E-state index contributed by atoms with van der Waals surface area (Å²) in [6.45, 7) is 1.72. The van der Waals surface area contributed by atoms with E-state index in [1.807, 2.05) is 54.6 Å². The number of hydrogen-bond acceptors (Lipinski definition) is 3. The lowest BCUT2D eigenvalue weighted by atomic mass is 9.95. The largest absolute Gasteiger partial charge is 0.373 e. The van der Waals surface area contributed by atoms with E-state index >= 15 is 0 Å². The maximum absolute atomic E-state index is 12.6. The first-order chi connectivity index (χ1) is 10.3. The van der Waals surface area contributed by atoms with E-state index in [1.54, 1.807) is 0 Å². The molecule has 106 valence electrons. The van der Waals surface area contributed by atoms with Crippen LogP contribution < -0.4 is 5.32 Å². The van der Waals surface area contributed by atoms with Crippen molar-refractivity contribution in [3.63, 3.8) is 0 Å². The molecule has 0 saturated carbocycles. The van der Waals surface area contributed by atoms with E-state index in [9.17, 15) is 4.79 Å². The zero-order chi connectivity index (χ0) is 14.5. The minimum atomic E-state index is 0.114. The van der Waals surface area contributed by atoms with Gasteiger partial charge < -0.3 is 5.32 Å². The topological polar surface area (TPSA) is 41.5 Å². The van der Waals surface area contributed by atoms with Crippen LogP contribution in [-0.4, -0.2) is 24.7 Å². The van der Waals surface area contributed by atoms with Crippen molar-refractivity contribution in [2.24, 2.45) is 4.99 Å². The lowest BCUT2D eigenvalue weighted by molar-refractivity contribution is 0.1000.